The average Bonchev–Trinajstić information content (AvgIpc) is 2.81. The number of hydrogen-bond donors (Lipinski definition) is 1. The predicted molar refractivity (Wildman–Crippen MR) is 76.7 cm³/mol. The molecule has 2 aromatic rings. The second-order valence-electron chi connectivity index (χ2n) is 4.80. The molecule has 0 radical (unpaired) electrons. The maximum absolute atomic E-state index is 12.9. The third-order valence-corrected chi connectivity index (χ3v) is 3.13. The first kappa shape index (κ1) is 16.1. The number of fused-ring (bicyclic) bond motifs is 1. The Kier molecular flexibility index (Phi) is 4.54. The van der Waals surface area contributed by atoms with Crippen LogP contribution in [-0.4, -0.2) is 21.8 Å². The summed E-state index contributed by atoms with van der Waals surface area (Å²) in [7, 11) is 0. The summed E-state index contributed by atoms with van der Waals surface area (Å²) in [4.78, 5) is 16.5. The highest BCUT2D eigenvalue weighted by molar-refractivity contribution is 5.94. The van der Waals surface area contributed by atoms with E-state index in [0.29, 0.717) is 17.8 Å². The van der Waals surface area contributed by atoms with Crippen molar-refractivity contribution in [3.8, 4) is 0 Å². The molecule has 1 N–H and O–H groups in total. The fourth-order valence-electron chi connectivity index (χ4n) is 2.16. The molecule has 118 valence electrons. The van der Waals surface area contributed by atoms with E-state index in [4.69, 9.17) is 0 Å². The van der Waals surface area contributed by atoms with Gasteiger partial charge >= 0.3 is 6.18 Å². The maximum atomic E-state index is 12.9. The first-order chi connectivity index (χ1) is 10.4. The lowest BCUT2D eigenvalue weighted by Crippen LogP contribution is -2.26. The van der Waals surface area contributed by atoms with Crippen LogP contribution in [-0.2, 0) is 12.6 Å². The van der Waals surface area contributed by atoms with E-state index in [2.05, 4.69) is 16.9 Å². The highest BCUT2D eigenvalue weighted by atomic mass is 19.4. The number of hydrogen-bond acceptors (Lipinski definition) is 2. The molecule has 0 aromatic carbocycles. The number of carbonyl (C=O) groups is 1. The minimum atomic E-state index is -4.47. The smallest absolute Gasteiger partial charge is 0.347 e. The second kappa shape index (κ2) is 6.21. The van der Waals surface area contributed by atoms with Crippen molar-refractivity contribution in [2.24, 2.45) is 0 Å². The summed E-state index contributed by atoms with van der Waals surface area (Å²) in [6, 6.07) is 2.23. The summed E-state index contributed by atoms with van der Waals surface area (Å²) in [5, 5.41) is 2.58. The highest BCUT2D eigenvalue weighted by Gasteiger charge is 2.31. The van der Waals surface area contributed by atoms with E-state index >= 15 is 0 Å². The highest BCUT2D eigenvalue weighted by Crippen LogP contribution is 2.30. The minimum Gasteiger partial charge on any atom is -0.347 e. The summed E-state index contributed by atoms with van der Waals surface area (Å²) in [6.45, 7) is 5.64. The van der Waals surface area contributed by atoms with Crippen molar-refractivity contribution >= 4 is 11.6 Å². The molecular weight excluding hydrogens is 295 g/mol. The molecular formula is C15H16F3N3O. The molecule has 0 spiro atoms. The molecule has 0 atom stereocenters. The monoisotopic (exact) mass is 311 g/mol. The Hall–Kier alpha value is -2.31. The van der Waals surface area contributed by atoms with Gasteiger partial charge in [0.15, 0.2) is 0 Å². The number of imidazole rings is 1. The van der Waals surface area contributed by atoms with E-state index in [-0.39, 0.29) is 12.2 Å². The summed E-state index contributed by atoms with van der Waals surface area (Å²) < 4.78 is 39.8. The molecule has 0 aliphatic heterocycles. The Labute approximate surface area is 125 Å². The number of nitrogens with one attached hydrogen (secondary N) is 1. The quantitative estimate of drug-likeness (QED) is 0.862. The molecule has 0 aliphatic carbocycles. The van der Waals surface area contributed by atoms with Crippen molar-refractivity contribution in [2.45, 2.75) is 25.9 Å². The van der Waals surface area contributed by atoms with Crippen LogP contribution in [0.15, 0.2) is 31.0 Å². The van der Waals surface area contributed by atoms with Crippen LogP contribution >= 0.6 is 0 Å². The van der Waals surface area contributed by atoms with Gasteiger partial charge in [-0.2, -0.15) is 13.2 Å². The largest absolute Gasteiger partial charge is 0.417 e. The van der Waals surface area contributed by atoms with Crippen LogP contribution < -0.4 is 5.32 Å². The van der Waals surface area contributed by atoms with Gasteiger partial charge in [-0.1, -0.05) is 19.4 Å². The van der Waals surface area contributed by atoms with Crippen LogP contribution in [0.3, 0.4) is 0 Å². The van der Waals surface area contributed by atoms with E-state index in [9.17, 15) is 18.0 Å². The standard InChI is InChI=1S/C15H16F3N3O/c1-3-5-11-13(14(22)19-8-4-2)21-9-10(15(16,17)18)6-7-12(21)20-11/h4,6-7,9H,2-3,5,8H2,1H3,(H,19,22). The maximum Gasteiger partial charge on any atom is 0.417 e. The third-order valence-electron chi connectivity index (χ3n) is 3.13. The lowest BCUT2D eigenvalue weighted by Gasteiger charge is -2.09. The third kappa shape index (κ3) is 3.13. The number of carbonyl (C=O) groups excluding carboxylic acids is 1. The van der Waals surface area contributed by atoms with Gasteiger partial charge in [0.05, 0.1) is 11.3 Å². The Balaban J connectivity index is 2.59. The molecule has 2 heterocycles. The molecule has 7 heteroatoms. The van der Waals surface area contributed by atoms with E-state index in [0.717, 1.165) is 18.7 Å². The van der Waals surface area contributed by atoms with Gasteiger partial charge in [0.25, 0.3) is 5.91 Å². The number of halogens is 3. The average molecular weight is 311 g/mol. The molecule has 0 unspecified atom stereocenters. The second-order valence-corrected chi connectivity index (χ2v) is 4.80. The predicted octanol–water partition coefficient (Wildman–Crippen LogP) is 3.22. The Bertz CT molecular complexity index is 704. The zero-order valence-corrected chi connectivity index (χ0v) is 12.1. The summed E-state index contributed by atoms with van der Waals surface area (Å²) >= 11 is 0. The lowest BCUT2D eigenvalue weighted by molar-refractivity contribution is -0.137. The Morgan fingerprint density at radius 3 is 2.77 bits per heavy atom. The van der Waals surface area contributed by atoms with Crippen LogP contribution in [0.25, 0.3) is 5.65 Å². The van der Waals surface area contributed by atoms with Crippen LogP contribution in [0.2, 0.25) is 0 Å². The summed E-state index contributed by atoms with van der Waals surface area (Å²) in [5.41, 5.74) is 0.131. The molecule has 4 nitrogen and oxygen atoms in total. The SMILES string of the molecule is C=CCNC(=O)c1c(CCC)nc2ccc(C(F)(F)F)cn12. The molecule has 0 saturated heterocycles. The topological polar surface area (TPSA) is 46.4 Å². The fraction of sp³-hybridized carbons (Fsp3) is 0.333. The Morgan fingerprint density at radius 2 is 2.18 bits per heavy atom. The number of nitrogens with zero attached hydrogens (tertiary/aromatic N) is 2. The van der Waals surface area contributed by atoms with E-state index in [1.165, 1.54) is 16.5 Å². The first-order valence-electron chi connectivity index (χ1n) is 6.85. The van der Waals surface area contributed by atoms with Crippen LogP contribution in [0.5, 0.6) is 0 Å². The molecule has 1 amide bonds. The zero-order chi connectivity index (χ0) is 16.3. The number of amides is 1. The van der Waals surface area contributed by atoms with Gasteiger partial charge in [-0.05, 0) is 18.6 Å². The minimum absolute atomic E-state index is 0.143. The van der Waals surface area contributed by atoms with Gasteiger partial charge in [0.1, 0.15) is 11.3 Å². The van der Waals surface area contributed by atoms with Crippen molar-refractivity contribution in [1.29, 1.82) is 0 Å². The molecule has 0 fully saturated rings. The number of rotatable bonds is 5. The van der Waals surface area contributed by atoms with Crippen molar-refractivity contribution < 1.29 is 18.0 Å². The van der Waals surface area contributed by atoms with Gasteiger partial charge in [-0.15, -0.1) is 6.58 Å². The zero-order valence-electron chi connectivity index (χ0n) is 12.1. The molecule has 22 heavy (non-hydrogen) atoms. The Morgan fingerprint density at radius 1 is 1.45 bits per heavy atom. The number of pyridine rings is 1. The number of alkyl halides is 3. The lowest BCUT2D eigenvalue weighted by atomic mass is 10.2. The first-order valence-corrected chi connectivity index (χ1v) is 6.85. The van der Waals surface area contributed by atoms with Crippen molar-refractivity contribution in [3.63, 3.8) is 0 Å². The van der Waals surface area contributed by atoms with Gasteiger partial charge < -0.3 is 5.32 Å². The summed E-state index contributed by atoms with van der Waals surface area (Å²) in [6.07, 6.45) is -0.818. The van der Waals surface area contributed by atoms with E-state index in [1.807, 2.05) is 6.92 Å². The molecule has 0 saturated carbocycles. The van der Waals surface area contributed by atoms with Gasteiger partial charge in [0, 0.05) is 12.7 Å². The number of aromatic nitrogens is 2. The van der Waals surface area contributed by atoms with Crippen molar-refractivity contribution in [2.75, 3.05) is 6.54 Å². The van der Waals surface area contributed by atoms with Crippen molar-refractivity contribution in [1.82, 2.24) is 14.7 Å². The molecule has 0 bridgehead atoms. The number of aryl methyl sites for hydroxylation is 1. The van der Waals surface area contributed by atoms with E-state index < -0.39 is 17.6 Å². The van der Waals surface area contributed by atoms with Crippen LogP contribution in [0, 0.1) is 0 Å². The van der Waals surface area contributed by atoms with E-state index in [1.54, 1.807) is 0 Å². The van der Waals surface area contributed by atoms with Crippen LogP contribution in [0.4, 0.5) is 13.2 Å². The van der Waals surface area contributed by atoms with Crippen molar-refractivity contribution in [3.05, 3.63) is 47.9 Å². The van der Waals surface area contributed by atoms with Gasteiger partial charge in [-0.3, -0.25) is 9.20 Å². The fourth-order valence-corrected chi connectivity index (χ4v) is 2.16. The molecule has 0 aliphatic rings. The van der Waals surface area contributed by atoms with Gasteiger partial charge in [0.2, 0.25) is 0 Å². The normalized spacial score (nSPS) is 11.6. The molecule has 2 aromatic heterocycles. The summed E-state index contributed by atoms with van der Waals surface area (Å²) in [5.74, 6) is -0.463. The van der Waals surface area contributed by atoms with Gasteiger partial charge in [-0.25, -0.2) is 4.98 Å². The molecule has 2 rings (SSSR count). The van der Waals surface area contributed by atoms with Crippen LogP contribution in [0.1, 0.15) is 35.1 Å².